The first-order chi connectivity index (χ1) is 11.4. The molecule has 24 heavy (non-hydrogen) atoms. The van der Waals surface area contributed by atoms with E-state index in [1.54, 1.807) is 0 Å². The molecule has 1 atom stereocenters. The second kappa shape index (κ2) is 6.87. The summed E-state index contributed by atoms with van der Waals surface area (Å²) in [4.78, 5) is 0. The molecule has 1 aliphatic rings. The van der Waals surface area contributed by atoms with Crippen molar-refractivity contribution < 1.29 is 5.11 Å². The number of aromatic nitrogens is 1. The van der Waals surface area contributed by atoms with Crippen LogP contribution in [0.15, 0.2) is 28.9 Å². The Bertz CT molecular complexity index is 771. The standard InChI is InChI=1S/C19H24BrN3O/c1-19(2,12-21)17-10-23(18-7-14(20)5-6-16(17)18)9-15(11-24)22-8-13-3-4-13/h5-7,10,13,15,22,24H,3-4,8-9,11H2,1-2H3. The van der Waals surface area contributed by atoms with Gasteiger partial charge < -0.3 is 15.0 Å². The Kier molecular flexibility index (Phi) is 5.00. The first-order valence-electron chi connectivity index (χ1n) is 8.49. The fraction of sp³-hybridized carbons (Fsp3) is 0.526. The van der Waals surface area contributed by atoms with Gasteiger partial charge in [0.05, 0.1) is 18.1 Å². The van der Waals surface area contributed by atoms with Crippen LogP contribution in [0.4, 0.5) is 0 Å². The van der Waals surface area contributed by atoms with Gasteiger partial charge in [0.2, 0.25) is 0 Å². The van der Waals surface area contributed by atoms with Gasteiger partial charge >= 0.3 is 0 Å². The Hall–Kier alpha value is -1.35. The maximum Gasteiger partial charge on any atom is 0.0787 e. The van der Waals surface area contributed by atoms with E-state index in [4.69, 9.17) is 0 Å². The molecule has 0 aliphatic heterocycles. The monoisotopic (exact) mass is 389 g/mol. The lowest BCUT2D eigenvalue weighted by molar-refractivity contribution is 0.229. The Morgan fingerprint density at radius 3 is 2.83 bits per heavy atom. The first-order valence-corrected chi connectivity index (χ1v) is 9.28. The molecule has 1 aromatic heterocycles. The van der Waals surface area contributed by atoms with Crippen molar-refractivity contribution in [3.8, 4) is 6.07 Å². The summed E-state index contributed by atoms with van der Waals surface area (Å²) in [5, 5.41) is 23.8. The highest BCUT2D eigenvalue weighted by atomic mass is 79.9. The van der Waals surface area contributed by atoms with Crippen LogP contribution >= 0.6 is 15.9 Å². The summed E-state index contributed by atoms with van der Waals surface area (Å²) < 4.78 is 3.18. The molecule has 1 saturated carbocycles. The lowest BCUT2D eigenvalue weighted by Gasteiger charge is -2.18. The van der Waals surface area contributed by atoms with Crippen molar-refractivity contribution in [1.29, 1.82) is 5.26 Å². The van der Waals surface area contributed by atoms with E-state index >= 15 is 0 Å². The molecule has 5 heteroatoms. The van der Waals surface area contributed by atoms with E-state index in [-0.39, 0.29) is 12.6 Å². The van der Waals surface area contributed by atoms with Crippen LogP contribution in [-0.4, -0.2) is 28.9 Å². The van der Waals surface area contributed by atoms with Crippen molar-refractivity contribution in [1.82, 2.24) is 9.88 Å². The van der Waals surface area contributed by atoms with Gasteiger partial charge in [0.1, 0.15) is 0 Å². The molecule has 128 valence electrons. The highest BCUT2D eigenvalue weighted by molar-refractivity contribution is 9.10. The van der Waals surface area contributed by atoms with E-state index in [1.807, 2.05) is 19.9 Å². The molecule has 2 N–H and O–H groups in total. The average Bonchev–Trinajstić information content (AvgIpc) is 3.33. The molecule has 1 heterocycles. The van der Waals surface area contributed by atoms with Gasteiger partial charge in [-0.2, -0.15) is 5.26 Å². The summed E-state index contributed by atoms with van der Waals surface area (Å²) in [6.45, 7) is 5.67. The van der Waals surface area contributed by atoms with Crippen molar-refractivity contribution in [2.24, 2.45) is 5.92 Å². The summed E-state index contributed by atoms with van der Waals surface area (Å²) in [5.74, 6) is 0.780. The molecule has 0 radical (unpaired) electrons. The lowest BCUT2D eigenvalue weighted by Crippen LogP contribution is -2.37. The topological polar surface area (TPSA) is 61.0 Å². The summed E-state index contributed by atoms with van der Waals surface area (Å²) in [6.07, 6.45) is 4.66. The molecule has 2 aromatic rings. The third kappa shape index (κ3) is 3.66. The van der Waals surface area contributed by atoms with Gasteiger partial charge in [-0.1, -0.05) is 22.0 Å². The maximum absolute atomic E-state index is 9.72. The van der Waals surface area contributed by atoms with E-state index in [0.717, 1.165) is 33.4 Å². The van der Waals surface area contributed by atoms with Gasteiger partial charge in [-0.15, -0.1) is 0 Å². The zero-order valence-electron chi connectivity index (χ0n) is 14.2. The van der Waals surface area contributed by atoms with E-state index in [9.17, 15) is 10.4 Å². The fourth-order valence-corrected chi connectivity index (χ4v) is 3.40. The Morgan fingerprint density at radius 2 is 2.21 bits per heavy atom. The van der Waals surface area contributed by atoms with E-state index in [1.165, 1.54) is 12.8 Å². The first kappa shape index (κ1) is 17.5. The molecule has 0 amide bonds. The molecule has 1 aromatic carbocycles. The van der Waals surface area contributed by atoms with Crippen LogP contribution < -0.4 is 5.32 Å². The Morgan fingerprint density at radius 1 is 1.46 bits per heavy atom. The van der Waals surface area contributed by atoms with Crippen molar-refractivity contribution in [3.63, 3.8) is 0 Å². The molecular formula is C19H24BrN3O. The van der Waals surface area contributed by atoms with Crippen LogP contribution in [-0.2, 0) is 12.0 Å². The number of rotatable bonds is 7. The number of aliphatic hydroxyl groups excluding tert-OH is 1. The molecule has 0 spiro atoms. The highest BCUT2D eigenvalue weighted by Crippen LogP contribution is 2.33. The number of nitrogens with zero attached hydrogens (tertiary/aromatic N) is 2. The van der Waals surface area contributed by atoms with Gasteiger partial charge in [0, 0.05) is 34.2 Å². The zero-order chi connectivity index (χ0) is 17.3. The molecular weight excluding hydrogens is 366 g/mol. The summed E-state index contributed by atoms with van der Waals surface area (Å²) in [6, 6.07) is 8.59. The van der Waals surface area contributed by atoms with Crippen molar-refractivity contribution in [2.45, 2.75) is 44.7 Å². The van der Waals surface area contributed by atoms with Crippen molar-refractivity contribution >= 4 is 26.8 Å². The number of fused-ring (bicyclic) bond motifs is 1. The molecule has 4 nitrogen and oxygen atoms in total. The smallest absolute Gasteiger partial charge is 0.0787 e. The predicted octanol–water partition coefficient (Wildman–Crippen LogP) is 3.57. The van der Waals surface area contributed by atoms with Gasteiger partial charge in [0.25, 0.3) is 0 Å². The van der Waals surface area contributed by atoms with Crippen LogP contribution in [0.2, 0.25) is 0 Å². The second-order valence-electron chi connectivity index (χ2n) is 7.32. The molecule has 1 aliphatic carbocycles. The summed E-state index contributed by atoms with van der Waals surface area (Å²) in [7, 11) is 0. The van der Waals surface area contributed by atoms with Gasteiger partial charge in [-0.05, 0) is 56.8 Å². The number of benzene rings is 1. The van der Waals surface area contributed by atoms with Gasteiger partial charge in [0.15, 0.2) is 0 Å². The van der Waals surface area contributed by atoms with Crippen molar-refractivity contribution in [2.75, 3.05) is 13.2 Å². The van der Waals surface area contributed by atoms with E-state index in [2.05, 4.69) is 50.2 Å². The Balaban J connectivity index is 1.94. The third-order valence-electron chi connectivity index (χ3n) is 4.83. The van der Waals surface area contributed by atoms with Crippen molar-refractivity contribution in [3.05, 3.63) is 34.4 Å². The molecule has 1 unspecified atom stereocenters. The van der Waals surface area contributed by atoms with E-state index in [0.29, 0.717) is 6.54 Å². The fourth-order valence-electron chi connectivity index (χ4n) is 3.05. The van der Waals surface area contributed by atoms with Gasteiger partial charge in [-0.25, -0.2) is 0 Å². The van der Waals surface area contributed by atoms with Crippen LogP contribution in [0.5, 0.6) is 0 Å². The minimum Gasteiger partial charge on any atom is -0.395 e. The normalized spacial score (nSPS) is 16.3. The van der Waals surface area contributed by atoms with Gasteiger partial charge in [-0.3, -0.25) is 0 Å². The minimum atomic E-state index is -0.548. The van der Waals surface area contributed by atoms with Crippen LogP contribution in [0.3, 0.4) is 0 Å². The lowest BCUT2D eigenvalue weighted by atomic mass is 9.86. The summed E-state index contributed by atoms with van der Waals surface area (Å²) >= 11 is 3.54. The highest BCUT2D eigenvalue weighted by Gasteiger charge is 2.26. The van der Waals surface area contributed by atoms with Crippen LogP contribution in [0.25, 0.3) is 10.9 Å². The van der Waals surface area contributed by atoms with E-state index < -0.39 is 5.41 Å². The number of hydrogen-bond acceptors (Lipinski definition) is 3. The van der Waals surface area contributed by atoms with Crippen LogP contribution in [0, 0.1) is 17.2 Å². The number of hydrogen-bond donors (Lipinski definition) is 2. The van der Waals surface area contributed by atoms with Crippen LogP contribution in [0.1, 0.15) is 32.3 Å². The minimum absolute atomic E-state index is 0.0261. The zero-order valence-corrected chi connectivity index (χ0v) is 15.8. The largest absolute Gasteiger partial charge is 0.395 e. The average molecular weight is 390 g/mol. The molecule has 0 saturated heterocycles. The second-order valence-corrected chi connectivity index (χ2v) is 8.24. The number of halogens is 1. The number of nitriles is 1. The predicted molar refractivity (Wildman–Crippen MR) is 99.9 cm³/mol. The Labute approximate surface area is 151 Å². The quantitative estimate of drug-likeness (QED) is 0.760. The molecule has 1 fully saturated rings. The molecule has 0 bridgehead atoms. The molecule has 3 rings (SSSR count). The third-order valence-corrected chi connectivity index (χ3v) is 5.32. The number of aliphatic hydroxyl groups is 1. The maximum atomic E-state index is 9.72. The number of nitrogens with one attached hydrogen (secondary N) is 1. The SMILES string of the molecule is CC(C)(C#N)c1cn(CC(CO)NCC2CC2)c2cc(Br)ccc12. The summed E-state index contributed by atoms with van der Waals surface area (Å²) in [5.41, 5.74) is 1.58.